The molecule has 0 aliphatic rings. The molecule has 2 amide bonds. The number of hydrogen-bond acceptors (Lipinski definition) is 7. The summed E-state index contributed by atoms with van der Waals surface area (Å²) in [7, 11) is 1.25. The van der Waals surface area contributed by atoms with Gasteiger partial charge in [0, 0.05) is 17.7 Å². The zero-order chi connectivity index (χ0) is 25.0. The van der Waals surface area contributed by atoms with E-state index in [1.807, 2.05) is 0 Å². The summed E-state index contributed by atoms with van der Waals surface area (Å²) in [4.78, 5) is 45.1. The van der Waals surface area contributed by atoms with Crippen molar-refractivity contribution in [2.75, 3.05) is 17.7 Å². The van der Waals surface area contributed by atoms with Crippen LogP contribution in [-0.4, -0.2) is 28.8 Å². The third-order valence-electron chi connectivity index (χ3n) is 4.53. The van der Waals surface area contributed by atoms with Gasteiger partial charge in [-0.15, -0.1) is 0 Å². The number of halogens is 2. The molecule has 0 atom stereocenters. The number of methoxy groups -OCH3 is 1. The Hall–Kier alpha value is -4.94. The van der Waals surface area contributed by atoms with E-state index in [1.54, 1.807) is 0 Å². The van der Waals surface area contributed by atoms with Crippen LogP contribution in [0.25, 0.3) is 0 Å². The van der Waals surface area contributed by atoms with Gasteiger partial charge in [0.25, 0.3) is 23.2 Å². The van der Waals surface area contributed by atoms with Gasteiger partial charge in [-0.2, -0.15) is 0 Å². The van der Waals surface area contributed by atoms with E-state index in [0.717, 1.165) is 30.3 Å². The Balaban J connectivity index is 1.85. The third kappa shape index (κ3) is 5.09. The fourth-order valence-electron chi connectivity index (χ4n) is 2.85. The van der Waals surface area contributed by atoms with Gasteiger partial charge in [0.2, 0.25) is 0 Å². The van der Waals surface area contributed by atoms with Gasteiger partial charge in [-0.3, -0.25) is 29.8 Å². The van der Waals surface area contributed by atoms with Crippen LogP contribution in [0.2, 0.25) is 0 Å². The molecule has 0 heterocycles. The summed E-state index contributed by atoms with van der Waals surface area (Å²) in [5.74, 6) is -3.80. The number of rotatable bonds is 7. The van der Waals surface area contributed by atoms with Gasteiger partial charge < -0.3 is 15.4 Å². The van der Waals surface area contributed by atoms with Gasteiger partial charge in [-0.25, -0.2) is 8.78 Å². The van der Waals surface area contributed by atoms with Crippen molar-refractivity contribution >= 4 is 34.6 Å². The van der Waals surface area contributed by atoms with Gasteiger partial charge in [0.1, 0.15) is 5.75 Å². The summed E-state index contributed by atoms with van der Waals surface area (Å²) in [6.07, 6.45) is 0. The lowest BCUT2D eigenvalue weighted by molar-refractivity contribution is -0.385. The maximum absolute atomic E-state index is 14.1. The molecule has 0 unspecified atom stereocenters. The number of amides is 2. The normalized spacial score (nSPS) is 10.3. The summed E-state index contributed by atoms with van der Waals surface area (Å²) in [6.45, 7) is 0. The minimum absolute atomic E-state index is 0.0258. The molecule has 2 N–H and O–H groups in total. The Kier molecular flexibility index (Phi) is 6.76. The van der Waals surface area contributed by atoms with Crippen molar-refractivity contribution in [1.29, 1.82) is 0 Å². The number of nitro groups is 2. The standard InChI is InChI=1S/C21H14F2N4O7/c1-34-19-7-2-11(20(28)24-17-5-3-12(26(30)31)9-15(17)22)8-14(19)21(29)25-18-6-4-13(27(32)33)10-16(18)23/h2-10H,1H3,(H,24,28)(H,25,29). The molecule has 34 heavy (non-hydrogen) atoms. The molecule has 0 radical (unpaired) electrons. The Morgan fingerprint density at radius 1 is 0.794 bits per heavy atom. The van der Waals surface area contributed by atoms with E-state index >= 15 is 0 Å². The molecule has 11 nitrogen and oxygen atoms in total. The first-order valence-electron chi connectivity index (χ1n) is 9.29. The Morgan fingerprint density at radius 3 is 1.74 bits per heavy atom. The van der Waals surface area contributed by atoms with E-state index in [9.17, 15) is 38.6 Å². The van der Waals surface area contributed by atoms with Gasteiger partial charge in [-0.05, 0) is 30.3 Å². The first kappa shape index (κ1) is 23.7. The smallest absolute Gasteiger partial charge is 0.272 e. The molecule has 174 valence electrons. The maximum Gasteiger partial charge on any atom is 0.272 e. The maximum atomic E-state index is 14.1. The second-order valence-corrected chi connectivity index (χ2v) is 6.67. The van der Waals surface area contributed by atoms with E-state index in [4.69, 9.17) is 4.74 Å². The molecule has 0 bridgehead atoms. The van der Waals surface area contributed by atoms with Crippen LogP contribution in [0.1, 0.15) is 20.7 Å². The van der Waals surface area contributed by atoms with E-state index in [2.05, 4.69) is 10.6 Å². The fraction of sp³-hybridized carbons (Fsp3) is 0.0476. The van der Waals surface area contributed by atoms with Crippen LogP contribution < -0.4 is 15.4 Å². The van der Waals surface area contributed by atoms with Crippen molar-refractivity contribution in [3.8, 4) is 5.75 Å². The molecule has 0 fully saturated rings. The number of nitrogens with zero attached hydrogens (tertiary/aromatic N) is 2. The average Bonchev–Trinajstić information content (AvgIpc) is 2.80. The van der Waals surface area contributed by atoms with Crippen LogP contribution in [0.3, 0.4) is 0 Å². The second-order valence-electron chi connectivity index (χ2n) is 6.67. The summed E-state index contributed by atoms with van der Waals surface area (Å²) >= 11 is 0. The molecular weight excluding hydrogens is 458 g/mol. The number of nitro benzene ring substituents is 2. The van der Waals surface area contributed by atoms with Crippen LogP contribution >= 0.6 is 0 Å². The Morgan fingerprint density at radius 2 is 1.29 bits per heavy atom. The molecule has 13 heteroatoms. The minimum atomic E-state index is -1.05. The molecule has 0 saturated heterocycles. The zero-order valence-corrected chi connectivity index (χ0v) is 17.2. The molecule has 3 aromatic rings. The highest BCUT2D eigenvalue weighted by Gasteiger charge is 2.20. The summed E-state index contributed by atoms with van der Waals surface area (Å²) in [5, 5.41) is 25.9. The van der Waals surface area contributed by atoms with Crippen molar-refractivity contribution in [2.24, 2.45) is 0 Å². The lowest BCUT2D eigenvalue weighted by Crippen LogP contribution is -2.17. The molecule has 3 rings (SSSR count). The molecule has 0 saturated carbocycles. The molecule has 3 aromatic carbocycles. The lowest BCUT2D eigenvalue weighted by atomic mass is 10.1. The van der Waals surface area contributed by atoms with Crippen molar-refractivity contribution in [3.63, 3.8) is 0 Å². The van der Waals surface area contributed by atoms with Crippen molar-refractivity contribution < 1.29 is 33.0 Å². The zero-order valence-electron chi connectivity index (χ0n) is 17.2. The lowest BCUT2D eigenvalue weighted by Gasteiger charge is -2.12. The fourth-order valence-corrected chi connectivity index (χ4v) is 2.85. The summed E-state index contributed by atoms with van der Waals surface area (Å²) in [6, 6.07) is 8.96. The number of hydrogen-bond donors (Lipinski definition) is 2. The highest BCUT2D eigenvalue weighted by molar-refractivity contribution is 6.10. The Labute approximate surface area is 189 Å². The average molecular weight is 472 g/mol. The van der Waals surface area contributed by atoms with Crippen LogP contribution in [0.5, 0.6) is 5.75 Å². The van der Waals surface area contributed by atoms with Crippen LogP contribution in [0, 0.1) is 31.9 Å². The van der Waals surface area contributed by atoms with E-state index in [0.29, 0.717) is 12.1 Å². The number of anilines is 2. The van der Waals surface area contributed by atoms with Gasteiger partial charge in [0.15, 0.2) is 11.6 Å². The number of carbonyl (C=O) groups excluding carboxylic acids is 2. The summed E-state index contributed by atoms with van der Waals surface area (Å²) < 4.78 is 33.3. The molecule has 0 aliphatic carbocycles. The van der Waals surface area contributed by atoms with Crippen molar-refractivity contribution in [1.82, 2.24) is 0 Å². The van der Waals surface area contributed by atoms with Crippen molar-refractivity contribution in [3.05, 3.63) is 97.6 Å². The van der Waals surface area contributed by atoms with E-state index in [1.165, 1.54) is 19.2 Å². The second kappa shape index (κ2) is 9.68. The van der Waals surface area contributed by atoms with Gasteiger partial charge >= 0.3 is 0 Å². The van der Waals surface area contributed by atoms with Crippen molar-refractivity contribution in [2.45, 2.75) is 0 Å². The third-order valence-corrected chi connectivity index (χ3v) is 4.53. The molecule has 0 aromatic heterocycles. The minimum Gasteiger partial charge on any atom is -0.496 e. The molecule has 0 aliphatic heterocycles. The molecular formula is C21H14F2N4O7. The Bertz CT molecular complexity index is 1330. The predicted molar refractivity (Wildman–Crippen MR) is 115 cm³/mol. The van der Waals surface area contributed by atoms with E-state index in [-0.39, 0.29) is 28.3 Å². The highest BCUT2D eigenvalue weighted by Crippen LogP contribution is 2.26. The number of ether oxygens (including phenoxy) is 1. The number of benzene rings is 3. The van der Waals surface area contributed by atoms with E-state index < -0.39 is 44.7 Å². The highest BCUT2D eigenvalue weighted by atomic mass is 19.1. The van der Waals surface area contributed by atoms with Gasteiger partial charge in [-0.1, -0.05) is 0 Å². The summed E-state index contributed by atoms with van der Waals surface area (Å²) in [5.41, 5.74) is -1.97. The van der Waals surface area contributed by atoms with Gasteiger partial charge in [0.05, 0.1) is 46.0 Å². The largest absolute Gasteiger partial charge is 0.496 e. The monoisotopic (exact) mass is 472 g/mol. The quantitative estimate of drug-likeness (QED) is 0.384. The SMILES string of the molecule is COc1ccc(C(=O)Nc2ccc([N+](=O)[O-])cc2F)cc1C(=O)Nc1ccc([N+](=O)[O-])cc1F. The number of non-ortho nitro benzene ring substituents is 2. The first-order chi connectivity index (χ1) is 16.1. The predicted octanol–water partition coefficient (Wildman–Crippen LogP) is 4.29. The van der Waals surface area contributed by atoms with Crippen LogP contribution in [-0.2, 0) is 0 Å². The number of nitrogens with one attached hydrogen (secondary N) is 2. The van der Waals surface area contributed by atoms with Crippen LogP contribution in [0.15, 0.2) is 54.6 Å². The first-order valence-corrected chi connectivity index (χ1v) is 9.29. The number of carbonyl (C=O) groups is 2. The molecule has 0 spiro atoms. The topological polar surface area (TPSA) is 154 Å². The van der Waals surface area contributed by atoms with Crippen LogP contribution in [0.4, 0.5) is 31.5 Å².